The Bertz CT molecular complexity index is 574. The van der Waals surface area contributed by atoms with Gasteiger partial charge in [-0.1, -0.05) is 29.8 Å². The third kappa shape index (κ3) is 4.23. The van der Waals surface area contributed by atoms with Crippen molar-refractivity contribution in [3.8, 4) is 0 Å². The van der Waals surface area contributed by atoms with Crippen LogP contribution in [0.25, 0.3) is 6.20 Å². The van der Waals surface area contributed by atoms with Crippen LogP contribution in [0.2, 0.25) is 0 Å². The third-order valence-corrected chi connectivity index (χ3v) is 2.61. The number of anilines is 1. The Morgan fingerprint density at radius 3 is 2.26 bits per heavy atom. The van der Waals surface area contributed by atoms with Crippen molar-refractivity contribution in [2.24, 2.45) is 0 Å². The molecule has 1 heterocycles. The zero-order chi connectivity index (χ0) is 13.0. The Morgan fingerprint density at radius 1 is 1.11 bits per heavy atom. The molecular formula is C15H15ClN2O. The molecule has 0 aliphatic heterocycles. The molecule has 1 aromatic carbocycles. The van der Waals surface area contributed by atoms with E-state index in [-0.39, 0.29) is 18.2 Å². The van der Waals surface area contributed by atoms with Crippen LogP contribution in [0.5, 0.6) is 0 Å². The van der Waals surface area contributed by atoms with Gasteiger partial charge in [-0.25, -0.2) is 0 Å². The number of pyridine rings is 1. The van der Waals surface area contributed by atoms with Gasteiger partial charge in [-0.3, -0.25) is 4.79 Å². The van der Waals surface area contributed by atoms with Crippen LogP contribution >= 0.6 is 0 Å². The monoisotopic (exact) mass is 274 g/mol. The Hall–Kier alpha value is -2.13. The van der Waals surface area contributed by atoms with Crippen molar-refractivity contribution in [3.63, 3.8) is 0 Å². The summed E-state index contributed by atoms with van der Waals surface area (Å²) in [6.45, 7) is 1.99. The van der Waals surface area contributed by atoms with Crippen LogP contribution in [0.4, 0.5) is 5.69 Å². The van der Waals surface area contributed by atoms with Crippen LogP contribution < -0.4 is 22.7 Å². The molecule has 0 spiro atoms. The molecule has 3 nitrogen and oxygen atoms in total. The fourth-order valence-electron chi connectivity index (χ4n) is 1.52. The van der Waals surface area contributed by atoms with Gasteiger partial charge in [0.15, 0.2) is 24.4 Å². The number of nitrogens with zero attached hydrogens (tertiary/aromatic N) is 1. The highest BCUT2D eigenvalue weighted by atomic mass is 35.5. The Balaban J connectivity index is 0.00000180. The van der Waals surface area contributed by atoms with Gasteiger partial charge >= 0.3 is 0 Å². The molecule has 0 aliphatic rings. The highest BCUT2D eigenvalue weighted by molar-refractivity contribution is 6.05. The van der Waals surface area contributed by atoms with E-state index in [2.05, 4.69) is 0 Å². The van der Waals surface area contributed by atoms with Gasteiger partial charge in [-0.15, -0.1) is 0 Å². The smallest absolute Gasteiger partial charge is 0.191 e. The number of hydrogen-bond acceptors (Lipinski definition) is 2. The average molecular weight is 275 g/mol. The average Bonchev–Trinajstić information content (AvgIpc) is 2.38. The predicted octanol–water partition coefficient (Wildman–Crippen LogP) is -0.778. The topological polar surface area (TPSA) is 47.0 Å². The maximum Gasteiger partial charge on any atom is 0.191 e. The van der Waals surface area contributed by atoms with Crippen LogP contribution in [0, 0.1) is 6.92 Å². The maximum atomic E-state index is 11.9. The standard InChI is InChI=1S/C15H14N2O.ClH/c1-12-2-4-13(5-3-12)15(18)8-11-17-9-6-14(16)7-10-17;/h2-11,16H,1H3;1H/b11-8+;. The third-order valence-electron chi connectivity index (χ3n) is 2.61. The minimum atomic E-state index is -0.0145. The molecule has 2 N–H and O–H groups in total. The number of rotatable bonds is 3. The summed E-state index contributed by atoms with van der Waals surface area (Å²) < 4.78 is 1.78. The first-order valence-corrected chi connectivity index (χ1v) is 5.70. The summed E-state index contributed by atoms with van der Waals surface area (Å²) in [5.41, 5.74) is 8.11. The summed E-state index contributed by atoms with van der Waals surface area (Å²) in [5, 5.41) is 0. The molecule has 0 aliphatic carbocycles. The molecule has 98 valence electrons. The highest BCUT2D eigenvalue weighted by Crippen LogP contribution is 2.04. The van der Waals surface area contributed by atoms with Crippen LogP contribution in [-0.2, 0) is 0 Å². The lowest BCUT2D eigenvalue weighted by Crippen LogP contribution is -3.00. The van der Waals surface area contributed by atoms with Gasteiger partial charge in [0.05, 0.1) is 6.08 Å². The molecule has 0 radical (unpaired) electrons. The Kier molecular flexibility index (Phi) is 5.27. The Labute approximate surface area is 118 Å². The van der Waals surface area contributed by atoms with Crippen molar-refractivity contribution in [2.75, 3.05) is 5.73 Å². The highest BCUT2D eigenvalue weighted by Gasteiger charge is 2.02. The first kappa shape index (κ1) is 14.9. The number of carbonyl (C=O) groups excluding carboxylic acids is 1. The molecule has 0 bridgehead atoms. The summed E-state index contributed by atoms with van der Waals surface area (Å²) in [7, 11) is 0. The van der Waals surface area contributed by atoms with Crippen molar-refractivity contribution in [3.05, 3.63) is 66.0 Å². The number of nitrogen functional groups attached to an aromatic ring is 1. The summed E-state index contributed by atoms with van der Waals surface area (Å²) in [5.74, 6) is -0.0145. The fourth-order valence-corrected chi connectivity index (χ4v) is 1.52. The van der Waals surface area contributed by atoms with Gasteiger partial charge in [-0.2, -0.15) is 4.57 Å². The number of halogens is 1. The van der Waals surface area contributed by atoms with E-state index in [1.54, 1.807) is 41.4 Å². The lowest BCUT2D eigenvalue weighted by molar-refractivity contribution is -0.568. The number of allylic oxidation sites excluding steroid dienone is 1. The minimum Gasteiger partial charge on any atom is -1.00 e. The van der Waals surface area contributed by atoms with Crippen molar-refractivity contribution < 1.29 is 21.8 Å². The molecule has 0 fully saturated rings. The van der Waals surface area contributed by atoms with Crippen LogP contribution in [0.1, 0.15) is 15.9 Å². The molecule has 0 amide bonds. The summed E-state index contributed by atoms with van der Waals surface area (Å²) >= 11 is 0. The largest absolute Gasteiger partial charge is 1.00 e. The normalized spacial score (nSPS) is 10.2. The first-order chi connectivity index (χ1) is 8.65. The number of aromatic nitrogens is 1. The van der Waals surface area contributed by atoms with Crippen LogP contribution in [-0.4, -0.2) is 5.78 Å². The summed E-state index contributed by atoms with van der Waals surface area (Å²) in [6.07, 6.45) is 6.85. The molecule has 4 heteroatoms. The number of aryl methyl sites for hydroxylation is 1. The van der Waals surface area contributed by atoms with E-state index in [0.29, 0.717) is 11.3 Å². The van der Waals surface area contributed by atoms with E-state index in [9.17, 15) is 4.79 Å². The van der Waals surface area contributed by atoms with Gasteiger partial charge in [-0.05, 0) is 6.92 Å². The van der Waals surface area contributed by atoms with E-state index in [1.807, 2.05) is 31.2 Å². The second kappa shape index (κ2) is 6.71. The van der Waals surface area contributed by atoms with Gasteiger partial charge in [0, 0.05) is 23.4 Å². The van der Waals surface area contributed by atoms with Crippen molar-refractivity contribution >= 4 is 17.7 Å². The molecular weight excluding hydrogens is 260 g/mol. The second-order valence-electron chi connectivity index (χ2n) is 4.12. The summed E-state index contributed by atoms with van der Waals surface area (Å²) in [4.78, 5) is 11.9. The zero-order valence-corrected chi connectivity index (χ0v) is 11.3. The van der Waals surface area contributed by atoms with Crippen molar-refractivity contribution in [1.82, 2.24) is 0 Å². The first-order valence-electron chi connectivity index (χ1n) is 5.70. The van der Waals surface area contributed by atoms with E-state index >= 15 is 0 Å². The van der Waals surface area contributed by atoms with Gasteiger partial charge in [0.2, 0.25) is 0 Å². The minimum absolute atomic E-state index is 0. The van der Waals surface area contributed by atoms with Crippen molar-refractivity contribution in [2.45, 2.75) is 6.92 Å². The maximum absolute atomic E-state index is 11.9. The molecule has 1 aromatic heterocycles. The number of ketones is 1. The number of carbonyl (C=O) groups is 1. The molecule has 19 heavy (non-hydrogen) atoms. The Morgan fingerprint density at radius 2 is 1.68 bits per heavy atom. The van der Waals surface area contributed by atoms with Crippen LogP contribution in [0.3, 0.4) is 0 Å². The van der Waals surface area contributed by atoms with Crippen molar-refractivity contribution in [1.29, 1.82) is 0 Å². The lowest BCUT2D eigenvalue weighted by Gasteiger charge is -1.95. The van der Waals surface area contributed by atoms with E-state index in [4.69, 9.17) is 5.73 Å². The van der Waals surface area contributed by atoms with E-state index in [0.717, 1.165) is 5.56 Å². The number of nitrogens with two attached hydrogens (primary N) is 1. The quantitative estimate of drug-likeness (QED) is 0.454. The van der Waals surface area contributed by atoms with Gasteiger partial charge in [0.1, 0.15) is 0 Å². The SMILES string of the molecule is Cc1ccc(C(=O)/C=C/[n+]2ccc(N)cc2)cc1.[Cl-]. The second-order valence-corrected chi connectivity index (χ2v) is 4.12. The zero-order valence-electron chi connectivity index (χ0n) is 10.6. The van der Waals surface area contributed by atoms with Gasteiger partial charge < -0.3 is 18.1 Å². The van der Waals surface area contributed by atoms with Gasteiger partial charge in [0.25, 0.3) is 0 Å². The number of hydrogen-bond donors (Lipinski definition) is 1. The fraction of sp³-hybridized carbons (Fsp3) is 0.0667. The molecule has 2 aromatic rings. The molecule has 0 unspecified atom stereocenters. The molecule has 0 saturated carbocycles. The predicted molar refractivity (Wildman–Crippen MR) is 71.9 cm³/mol. The summed E-state index contributed by atoms with van der Waals surface area (Å²) in [6, 6.07) is 11.1. The molecule has 0 saturated heterocycles. The number of benzene rings is 1. The molecule has 0 atom stereocenters. The molecule has 2 rings (SSSR count). The lowest BCUT2D eigenvalue weighted by atomic mass is 10.1. The van der Waals surface area contributed by atoms with E-state index in [1.165, 1.54) is 0 Å². The van der Waals surface area contributed by atoms with Crippen LogP contribution in [0.15, 0.2) is 54.9 Å². The van der Waals surface area contributed by atoms with E-state index < -0.39 is 0 Å².